The molecule has 2 fully saturated rings. The highest BCUT2D eigenvalue weighted by Crippen LogP contribution is 2.13. The molecule has 2 rings (SSSR count). The van der Waals surface area contributed by atoms with Crippen molar-refractivity contribution in [2.24, 2.45) is 10.9 Å². The minimum Gasteiger partial charge on any atom is -0.381 e. The summed E-state index contributed by atoms with van der Waals surface area (Å²) in [5.74, 6) is 1.50. The van der Waals surface area contributed by atoms with Gasteiger partial charge in [0.05, 0.1) is 13.2 Å². The van der Waals surface area contributed by atoms with Crippen LogP contribution >= 0.6 is 24.0 Å². The molecule has 2 saturated heterocycles. The van der Waals surface area contributed by atoms with Gasteiger partial charge in [-0.25, -0.2) is 0 Å². The Labute approximate surface area is 157 Å². The Hall–Kier alpha value is -0.120. The third-order valence-electron chi connectivity index (χ3n) is 4.54. The molecule has 0 aromatic rings. The van der Waals surface area contributed by atoms with Crippen LogP contribution in [0.3, 0.4) is 0 Å². The van der Waals surface area contributed by atoms with Crippen LogP contribution in [0.25, 0.3) is 0 Å². The highest BCUT2D eigenvalue weighted by molar-refractivity contribution is 14.0. The van der Waals surface area contributed by atoms with Gasteiger partial charge in [-0.1, -0.05) is 0 Å². The van der Waals surface area contributed by atoms with E-state index in [0.717, 1.165) is 58.3 Å². The molecule has 0 amide bonds. The van der Waals surface area contributed by atoms with E-state index in [0.29, 0.717) is 12.0 Å². The molecule has 136 valence electrons. The fraction of sp³-hybridized carbons (Fsp3) is 0.938. The van der Waals surface area contributed by atoms with Crippen molar-refractivity contribution in [3.8, 4) is 0 Å². The van der Waals surface area contributed by atoms with Crippen molar-refractivity contribution in [3.05, 3.63) is 0 Å². The fourth-order valence-corrected chi connectivity index (χ4v) is 3.02. The summed E-state index contributed by atoms with van der Waals surface area (Å²) in [6.45, 7) is 6.46. The van der Waals surface area contributed by atoms with Gasteiger partial charge in [0.1, 0.15) is 0 Å². The second-order valence-electron chi connectivity index (χ2n) is 6.31. The van der Waals surface area contributed by atoms with E-state index >= 15 is 0 Å². The largest absolute Gasteiger partial charge is 0.381 e. The number of guanidine groups is 1. The highest BCUT2D eigenvalue weighted by Gasteiger charge is 2.20. The van der Waals surface area contributed by atoms with E-state index in [-0.39, 0.29) is 24.0 Å². The maximum Gasteiger partial charge on any atom is 0.191 e. The van der Waals surface area contributed by atoms with Gasteiger partial charge >= 0.3 is 0 Å². The third-order valence-corrected chi connectivity index (χ3v) is 4.54. The maximum absolute atomic E-state index is 5.70. The number of nitrogens with zero attached hydrogens (tertiary/aromatic N) is 2. The normalized spacial score (nSPS) is 25.4. The van der Waals surface area contributed by atoms with E-state index in [1.165, 1.54) is 19.4 Å². The lowest BCUT2D eigenvalue weighted by Crippen LogP contribution is -2.44. The quantitative estimate of drug-likeness (QED) is 0.258. The topological polar surface area (TPSA) is 58.1 Å². The molecule has 0 bridgehead atoms. The third kappa shape index (κ3) is 8.00. The Kier molecular flexibility index (Phi) is 11.2. The van der Waals surface area contributed by atoms with Crippen molar-refractivity contribution in [1.29, 1.82) is 0 Å². The van der Waals surface area contributed by atoms with Crippen LogP contribution in [0.2, 0.25) is 0 Å². The molecule has 0 saturated carbocycles. The van der Waals surface area contributed by atoms with Crippen LogP contribution in [0.4, 0.5) is 0 Å². The molecule has 2 aliphatic rings. The molecule has 0 aromatic carbocycles. The van der Waals surface area contributed by atoms with Crippen LogP contribution in [-0.2, 0) is 9.47 Å². The van der Waals surface area contributed by atoms with E-state index in [9.17, 15) is 0 Å². The van der Waals surface area contributed by atoms with E-state index in [4.69, 9.17) is 9.47 Å². The summed E-state index contributed by atoms with van der Waals surface area (Å²) in [7, 11) is 4.02. The van der Waals surface area contributed by atoms with Crippen LogP contribution < -0.4 is 10.6 Å². The number of hydrogen-bond acceptors (Lipinski definition) is 4. The molecule has 2 N–H and O–H groups in total. The van der Waals surface area contributed by atoms with Crippen LogP contribution in [0.15, 0.2) is 4.99 Å². The van der Waals surface area contributed by atoms with Gasteiger partial charge in [-0.2, -0.15) is 0 Å². The number of ether oxygens (including phenoxy) is 2. The molecule has 0 radical (unpaired) electrons. The van der Waals surface area contributed by atoms with Gasteiger partial charge in [0.25, 0.3) is 0 Å². The second kappa shape index (κ2) is 12.3. The molecule has 0 aromatic heterocycles. The van der Waals surface area contributed by atoms with Crippen molar-refractivity contribution < 1.29 is 9.47 Å². The smallest absolute Gasteiger partial charge is 0.191 e. The molecule has 0 aliphatic carbocycles. The second-order valence-corrected chi connectivity index (χ2v) is 6.31. The number of aliphatic imine (C=N–C) groups is 1. The van der Waals surface area contributed by atoms with Crippen LogP contribution in [-0.4, -0.2) is 77.1 Å². The van der Waals surface area contributed by atoms with E-state index < -0.39 is 0 Å². The lowest BCUT2D eigenvalue weighted by Gasteiger charge is -2.21. The van der Waals surface area contributed by atoms with Crippen LogP contribution in [0.5, 0.6) is 0 Å². The van der Waals surface area contributed by atoms with Crippen molar-refractivity contribution in [2.75, 3.05) is 60.2 Å². The Balaban J connectivity index is 0.00000264. The number of likely N-dealkylation sites (N-methyl/N-ethyl adjacent to an activating group) is 1. The zero-order valence-corrected chi connectivity index (χ0v) is 16.9. The molecule has 7 heteroatoms. The average molecular weight is 440 g/mol. The van der Waals surface area contributed by atoms with Gasteiger partial charge in [-0.15, -0.1) is 24.0 Å². The number of rotatable bonds is 8. The summed E-state index contributed by atoms with van der Waals surface area (Å²) in [5, 5.41) is 6.77. The number of hydrogen-bond donors (Lipinski definition) is 2. The van der Waals surface area contributed by atoms with Gasteiger partial charge < -0.3 is 25.0 Å². The SMILES string of the molecule is CN=C(NCCCOCC1CCOC1)NCC1CCCN1C.I. The predicted octanol–water partition coefficient (Wildman–Crippen LogP) is 1.31. The number of halogens is 1. The van der Waals surface area contributed by atoms with Crippen molar-refractivity contribution in [3.63, 3.8) is 0 Å². The monoisotopic (exact) mass is 440 g/mol. The standard InChI is InChI=1S/C16H32N4O2.HI/c1-17-16(19-11-15-5-3-8-20(15)2)18-7-4-9-21-12-14-6-10-22-13-14;/h14-15H,3-13H2,1-2H3,(H2,17,18,19);1H. The van der Waals surface area contributed by atoms with Crippen molar-refractivity contribution in [1.82, 2.24) is 15.5 Å². The predicted molar refractivity (Wildman–Crippen MR) is 105 cm³/mol. The summed E-state index contributed by atoms with van der Waals surface area (Å²) in [6.07, 6.45) is 4.72. The summed E-state index contributed by atoms with van der Waals surface area (Å²) < 4.78 is 11.0. The van der Waals surface area contributed by atoms with Gasteiger partial charge in [-0.3, -0.25) is 4.99 Å². The Bertz CT molecular complexity index is 338. The average Bonchev–Trinajstić information content (AvgIpc) is 3.17. The zero-order chi connectivity index (χ0) is 15.6. The van der Waals surface area contributed by atoms with Gasteiger partial charge in [0, 0.05) is 45.3 Å². The number of likely N-dealkylation sites (tertiary alicyclic amines) is 1. The molecule has 0 spiro atoms. The zero-order valence-electron chi connectivity index (χ0n) is 14.6. The minimum absolute atomic E-state index is 0. The summed E-state index contributed by atoms with van der Waals surface area (Å²) >= 11 is 0. The van der Waals surface area contributed by atoms with Crippen molar-refractivity contribution >= 4 is 29.9 Å². The van der Waals surface area contributed by atoms with Gasteiger partial charge in [0.2, 0.25) is 0 Å². The molecule has 6 nitrogen and oxygen atoms in total. The molecule has 2 atom stereocenters. The first-order valence-corrected chi connectivity index (χ1v) is 8.60. The van der Waals surface area contributed by atoms with E-state index in [1.54, 1.807) is 0 Å². The minimum atomic E-state index is 0. The summed E-state index contributed by atoms with van der Waals surface area (Å²) in [6, 6.07) is 0.635. The van der Waals surface area contributed by atoms with Gasteiger partial charge in [0.15, 0.2) is 5.96 Å². The Morgan fingerprint density at radius 3 is 2.87 bits per heavy atom. The summed E-state index contributed by atoms with van der Waals surface area (Å²) in [5.41, 5.74) is 0. The first kappa shape index (κ1) is 20.9. The van der Waals surface area contributed by atoms with Crippen molar-refractivity contribution in [2.45, 2.75) is 31.7 Å². The summed E-state index contributed by atoms with van der Waals surface area (Å²) in [4.78, 5) is 6.69. The fourth-order valence-electron chi connectivity index (χ4n) is 3.02. The molecule has 2 unspecified atom stereocenters. The molecule has 2 heterocycles. The lowest BCUT2D eigenvalue weighted by molar-refractivity contribution is 0.0888. The molecule has 2 aliphatic heterocycles. The van der Waals surface area contributed by atoms with E-state index in [1.807, 2.05) is 7.05 Å². The van der Waals surface area contributed by atoms with E-state index in [2.05, 4.69) is 27.6 Å². The van der Waals surface area contributed by atoms with Crippen LogP contribution in [0.1, 0.15) is 25.7 Å². The number of nitrogens with one attached hydrogen (secondary N) is 2. The first-order valence-electron chi connectivity index (χ1n) is 8.60. The molecular weight excluding hydrogens is 407 g/mol. The Morgan fingerprint density at radius 2 is 2.22 bits per heavy atom. The molecule has 23 heavy (non-hydrogen) atoms. The first-order chi connectivity index (χ1) is 10.8. The van der Waals surface area contributed by atoms with Crippen LogP contribution in [0, 0.1) is 5.92 Å². The lowest BCUT2D eigenvalue weighted by atomic mass is 10.1. The van der Waals surface area contributed by atoms with Gasteiger partial charge in [-0.05, 0) is 39.3 Å². The Morgan fingerprint density at radius 1 is 1.35 bits per heavy atom. The maximum atomic E-state index is 5.70. The molecular formula is C16H33IN4O2. The highest BCUT2D eigenvalue weighted by atomic mass is 127.